The molecule has 1 aliphatic heterocycles. The number of aryl methyl sites for hydroxylation is 2. The minimum atomic E-state index is -0.363. The summed E-state index contributed by atoms with van der Waals surface area (Å²) in [7, 11) is 1.69. The van der Waals surface area contributed by atoms with Crippen molar-refractivity contribution < 1.29 is 14.4 Å². The molecule has 8 heteroatoms. The highest BCUT2D eigenvalue weighted by Crippen LogP contribution is 2.21. The summed E-state index contributed by atoms with van der Waals surface area (Å²) in [5.41, 5.74) is 1.95. The van der Waals surface area contributed by atoms with Crippen LogP contribution in [0.2, 0.25) is 0 Å². The first kappa shape index (κ1) is 19.6. The second-order valence-electron chi connectivity index (χ2n) is 7.10. The van der Waals surface area contributed by atoms with E-state index >= 15 is 0 Å². The highest BCUT2D eigenvalue weighted by molar-refractivity contribution is 6.00. The van der Waals surface area contributed by atoms with Crippen LogP contribution in [0.1, 0.15) is 28.8 Å². The number of carbonyl (C=O) groups excluding carboxylic acids is 3. The highest BCUT2D eigenvalue weighted by atomic mass is 16.2. The molecule has 1 aromatic heterocycles. The van der Waals surface area contributed by atoms with Crippen LogP contribution < -0.4 is 10.6 Å². The largest absolute Gasteiger partial charge is 0.352 e. The second-order valence-corrected chi connectivity index (χ2v) is 7.10. The maximum absolute atomic E-state index is 12.5. The van der Waals surface area contributed by atoms with Crippen molar-refractivity contribution in [1.29, 1.82) is 0 Å². The van der Waals surface area contributed by atoms with Crippen LogP contribution in [0.5, 0.6) is 0 Å². The molecule has 0 aliphatic carbocycles. The van der Waals surface area contributed by atoms with Crippen LogP contribution in [-0.4, -0.2) is 52.3 Å². The Morgan fingerprint density at radius 2 is 2.14 bits per heavy atom. The number of likely N-dealkylation sites (tertiary alicyclic amines) is 1. The fourth-order valence-electron chi connectivity index (χ4n) is 3.16. The molecule has 0 radical (unpaired) electrons. The van der Waals surface area contributed by atoms with E-state index in [0.29, 0.717) is 24.3 Å². The zero-order chi connectivity index (χ0) is 20.1. The van der Waals surface area contributed by atoms with E-state index in [4.69, 9.17) is 0 Å². The number of nitrogens with one attached hydrogen (secondary N) is 2. The molecule has 1 unspecified atom stereocenters. The number of amides is 3. The van der Waals surface area contributed by atoms with E-state index in [1.165, 1.54) is 0 Å². The molecule has 1 saturated heterocycles. The maximum atomic E-state index is 12.5. The number of anilines is 1. The van der Waals surface area contributed by atoms with Crippen LogP contribution in [0.4, 0.5) is 5.69 Å². The van der Waals surface area contributed by atoms with Gasteiger partial charge >= 0.3 is 0 Å². The van der Waals surface area contributed by atoms with E-state index in [1.54, 1.807) is 36.6 Å². The van der Waals surface area contributed by atoms with Crippen molar-refractivity contribution in [2.45, 2.75) is 26.3 Å². The SMILES string of the molecule is Cc1ccc(C(=O)NCCCn2ccnc2)cc1NC(=O)C1CC(=O)N(C)C1. The van der Waals surface area contributed by atoms with Crippen LogP contribution in [0.3, 0.4) is 0 Å². The monoisotopic (exact) mass is 383 g/mol. The number of rotatable bonds is 7. The third-order valence-corrected chi connectivity index (χ3v) is 4.91. The van der Waals surface area contributed by atoms with Gasteiger partial charge < -0.3 is 20.1 Å². The molecule has 3 rings (SSSR count). The topological polar surface area (TPSA) is 96.3 Å². The van der Waals surface area contributed by atoms with Crippen molar-refractivity contribution in [3.05, 3.63) is 48.0 Å². The molecule has 1 atom stereocenters. The Morgan fingerprint density at radius 3 is 2.82 bits per heavy atom. The number of benzene rings is 1. The van der Waals surface area contributed by atoms with Gasteiger partial charge in [0, 0.05) is 56.7 Å². The van der Waals surface area contributed by atoms with Crippen LogP contribution >= 0.6 is 0 Å². The highest BCUT2D eigenvalue weighted by Gasteiger charge is 2.32. The van der Waals surface area contributed by atoms with Crippen LogP contribution in [0.25, 0.3) is 0 Å². The predicted octanol–water partition coefficient (Wildman–Crippen LogP) is 1.43. The zero-order valence-electron chi connectivity index (χ0n) is 16.1. The number of nitrogens with zero attached hydrogens (tertiary/aromatic N) is 3. The van der Waals surface area contributed by atoms with E-state index in [0.717, 1.165) is 18.5 Å². The number of hydrogen-bond acceptors (Lipinski definition) is 4. The normalized spacial score (nSPS) is 16.3. The average molecular weight is 383 g/mol. The number of hydrogen-bond donors (Lipinski definition) is 2. The van der Waals surface area contributed by atoms with Crippen molar-refractivity contribution in [2.24, 2.45) is 5.92 Å². The summed E-state index contributed by atoms with van der Waals surface area (Å²) in [6.07, 6.45) is 6.36. The van der Waals surface area contributed by atoms with Gasteiger partial charge in [-0.25, -0.2) is 4.98 Å². The molecule has 3 amide bonds. The smallest absolute Gasteiger partial charge is 0.251 e. The lowest BCUT2D eigenvalue weighted by Gasteiger charge is -2.14. The van der Waals surface area contributed by atoms with E-state index in [2.05, 4.69) is 15.6 Å². The summed E-state index contributed by atoms with van der Waals surface area (Å²) in [4.78, 5) is 42.0. The fourth-order valence-corrected chi connectivity index (χ4v) is 3.16. The second kappa shape index (κ2) is 8.69. The summed E-state index contributed by atoms with van der Waals surface area (Å²) < 4.78 is 1.96. The van der Waals surface area contributed by atoms with Gasteiger partial charge in [-0.15, -0.1) is 0 Å². The van der Waals surface area contributed by atoms with E-state index in [9.17, 15) is 14.4 Å². The average Bonchev–Trinajstić information content (AvgIpc) is 3.30. The quantitative estimate of drug-likeness (QED) is 0.707. The Labute approximate surface area is 163 Å². The number of imidazole rings is 1. The molecule has 2 heterocycles. The van der Waals surface area contributed by atoms with Gasteiger partial charge in [0.1, 0.15) is 0 Å². The Kier molecular flexibility index (Phi) is 6.08. The molecule has 1 aliphatic rings. The van der Waals surface area contributed by atoms with Gasteiger partial charge in [0.15, 0.2) is 0 Å². The maximum Gasteiger partial charge on any atom is 0.251 e. The molecule has 0 saturated carbocycles. The Hall–Kier alpha value is -3.16. The zero-order valence-corrected chi connectivity index (χ0v) is 16.1. The van der Waals surface area contributed by atoms with Crippen LogP contribution in [0, 0.1) is 12.8 Å². The van der Waals surface area contributed by atoms with Crippen molar-refractivity contribution >= 4 is 23.4 Å². The first-order chi connectivity index (χ1) is 13.4. The molecule has 0 spiro atoms. The molecule has 28 heavy (non-hydrogen) atoms. The third-order valence-electron chi connectivity index (χ3n) is 4.91. The first-order valence-electron chi connectivity index (χ1n) is 9.33. The molecular weight excluding hydrogens is 358 g/mol. The van der Waals surface area contributed by atoms with Crippen LogP contribution in [-0.2, 0) is 16.1 Å². The van der Waals surface area contributed by atoms with Crippen molar-refractivity contribution in [1.82, 2.24) is 19.8 Å². The number of aromatic nitrogens is 2. The van der Waals surface area contributed by atoms with E-state index in [-0.39, 0.29) is 30.1 Å². The van der Waals surface area contributed by atoms with E-state index < -0.39 is 0 Å². The molecule has 2 aromatic rings. The summed E-state index contributed by atoms with van der Waals surface area (Å²) >= 11 is 0. The summed E-state index contributed by atoms with van der Waals surface area (Å²) in [5, 5.41) is 5.76. The summed E-state index contributed by atoms with van der Waals surface area (Å²) in [6, 6.07) is 5.23. The molecule has 148 valence electrons. The molecule has 8 nitrogen and oxygen atoms in total. The van der Waals surface area contributed by atoms with Gasteiger partial charge in [0.2, 0.25) is 11.8 Å². The van der Waals surface area contributed by atoms with Gasteiger partial charge in [-0.2, -0.15) is 0 Å². The minimum Gasteiger partial charge on any atom is -0.352 e. The van der Waals surface area contributed by atoms with Crippen molar-refractivity contribution in [3.8, 4) is 0 Å². The van der Waals surface area contributed by atoms with Gasteiger partial charge in [-0.05, 0) is 31.0 Å². The lowest BCUT2D eigenvalue weighted by Crippen LogP contribution is -2.27. The van der Waals surface area contributed by atoms with Crippen molar-refractivity contribution in [2.75, 3.05) is 25.5 Å². The molecule has 0 bridgehead atoms. The molecular formula is C20H25N5O3. The lowest BCUT2D eigenvalue weighted by molar-refractivity contribution is -0.127. The van der Waals surface area contributed by atoms with Crippen LogP contribution in [0.15, 0.2) is 36.9 Å². The summed E-state index contributed by atoms with van der Waals surface area (Å²) in [5.74, 6) is -0.770. The Bertz CT molecular complexity index is 863. The van der Waals surface area contributed by atoms with Gasteiger partial charge in [-0.1, -0.05) is 6.07 Å². The molecule has 1 aromatic carbocycles. The predicted molar refractivity (Wildman–Crippen MR) is 105 cm³/mol. The molecule has 1 fully saturated rings. The number of carbonyl (C=O) groups is 3. The van der Waals surface area contributed by atoms with E-state index in [1.807, 2.05) is 23.8 Å². The van der Waals surface area contributed by atoms with Crippen molar-refractivity contribution in [3.63, 3.8) is 0 Å². The summed E-state index contributed by atoms with van der Waals surface area (Å²) in [6.45, 7) is 3.61. The lowest BCUT2D eigenvalue weighted by atomic mass is 10.1. The first-order valence-corrected chi connectivity index (χ1v) is 9.33. The van der Waals surface area contributed by atoms with Gasteiger partial charge in [-0.3, -0.25) is 14.4 Å². The Morgan fingerprint density at radius 1 is 1.32 bits per heavy atom. The van der Waals surface area contributed by atoms with Gasteiger partial charge in [0.25, 0.3) is 5.91 Å². The minimum absolute atomic E-state index is 0.0271. The standard InChI is InChI=1S/C20H25N5O3/c1-14-4-5-15(19(27)22-6-3-8-25-9-7-21-13-25)10-17(14)23-20(28)16-11-18(26)24(2)12-16/h4-5,7,9-10,13,16H,3,6,8,11-12H2,1-2H3,(H,22,27)(H,23,28). The third kappa shape index (κ3) is 4.76. The van der Waals surface area contributed by atoms with Gasteiger partial charge in [0.05, 0.1) is 12.2 Å². The Balaban J connectivity index is 1.55. The fraction of sp³-hybridized carbons (Fsp3) is 0.400. The molecule has 2 N–H and O–H groups in total.